The number of methoxy groups -OCH3 is 1. The lowest BCUT2D eigenvalue weighted by atomic mass is 10.0. The van der Waals surface area contributed by atoms with Gasteiger partial charge in [0.1, 0.15) is 5.02 Å². The summed E-state index contributed by atoms with van der Waals surface area (Å²) in [5.74, 6) is 0.188. The van der Waals surface area contributed by atoms with Gasteiger partial charge in [-0.1, -0.05) is 43.5 Å². The van der Waals surface area contributed by atoms with Crippen LogP contribution in [0.5, 0.6) is 0 Å². The molecule has 5 nitrogen and oxygen atoms in total. The van der Waals surface area contributed by atoms with E-state index in [0.717, 1.165) is 24.3 Å². The first kappa shape index (κ1) is 24.0. The maximum atomic E-state index is 13.2. The molecule has 1 saturated heterocycles. The van der Waals surface area contributed by atoms with Crippen molar-refractivity contribution in [3.8, 4) is 0 Å². The van der Waals surface area contributed by atoms with E-state index in [9.17, 15) is 9.59 Å². The number of nitrogens with zero attached hydrogens (tertiary/aromatic N) is 2. The van der Waals surface area contributed by atoms with Gasteiger partial charge in [-0.25, -0.2) is 4.79 Å². The van der Waals surface area contributed by atoms with E-state index < -0.39 is 0 Å². The van der Waals surface area contributed by atoms with Crippen LogP contribution in [0.2, 0.25) is 5.02 Å². The van der Waals surface area contributed by atoms with Gasteiger partial charge < -0.3 is 9.30 Å². The Morgan fingerprint density at radius 3 is 2.61 bits per heavy atom. The predicted octanol–water partition coefficient (Wildman–Crippen LogP) is 5.56. The third-order valence-electron chi connectivity index (χ3n) is 7.15. The van der Waals surface area contributed by atoms with E-state index in [2.05, 4.69) is 11.8 Å². The largest absolute Gasteiger partial charge is 0.465 e. The summed E-state index contributed by atoms with van der Waals surface area (Å²) in [5, 5.41) is 0.325. The molecule has 1 aromatic carbocycles. The van der Waals surface area contributed by atoms with Crippen LogP contribution >= 0.6 is 11.6 Å². The van der Waals surface area contributed by atoms with Gasteiger partial charge in [-0.15, -0.1) is 0 Å². The van der Waals surface area contributed by atoms with Crippen LogP contribution in [0.15, 0.2) is 35.1 Å². The number of aromatic nitrogens is 1. The van der Waals surface area contributed by atoms with Gasteiger partial charge in [-0.2, -0.15) is 0 Å². The number of ether oxygens (including phenoxy) is 1. The van der Waals surface area contributed by atoms with E-state index in [0.29, 0.717) is 35.5 Å². The fourth-order valence-electron chi connectivity index (χ4n) is 5.08. The summed E-state index contributed by atoms with van der Waals surface area (Å²) >= 11 is 6.43. The first-order valence-electron chi connectivity index (χ1n) is 12.3. The number of pyridine rings is 1. The molecule has 0 bridgehead atoms. The van der Waals surface area contributed by atoms with Gasteiger partial charge in [0.2, 0.25) is 0 Å². The second kappa shape index (κ2) is 10.9. The Hall–Kier alpha value is -2.11. The molecule has 2 fully saturated rings. The molecule has 1 atom stereocenters. The number of rotatable bonds is 10. The maximum Gasteiger partial charge on any atom is 0.337 e. The minimum absolute atomic E-state index is 0.0912. The van der Waals surface area contributed by atoms with Crippen molar-refractivity contribution in [2.24, 2.45) is 0 Å². The number of hydrogen-bond acceptors (Lipinski definition) is 4. The molecule has 0 N–H and O–H groups in total. The zero-order valence-corrected chi connectivity index (χ0v) is 20.6. The van der Waals surface area contributed by atoms with E-state index in [-0.39, 0.29) is 11.5 Å². The molecule has 2 heterocycles. The SMILES string of the molecule is CCCC[C@H]1CCCN1Cc1c(C2CC2)cc(Cl)c(=O)n1CCc1ccc(C(=O)OC)cc1. The lowest BCUT2D eigenvalue weighted by molar-refractivity contribution is 0.0600. The highest BCUT2D eigenvalue weighted by atomic mass is 35.5. The van der Waals surface area contributed by atoms with Gasteiger partial charge >= 0.3 is 5.97 Å². The smallest absolute Gasteiger partial charge is 0.337 e. The normalized spacial score (nSPS) is 18.6. The molecule has 0 unspecified atom stereocenters. The fraction of sp³-hybridized carbons (Fsp3) is 0.556. The van der Waals surface area contributed by atoms with Crippen LogP contribution in [-0.2, 0) is 24.2 Å². The number of carbonyl (C=O) groups excluding carboxylic acids is 1. The van der Waals surface area contributed by atoms with Crippen molar-refractivity contribution >= 4 is 17.6 Å². The Morgan fingerprint density at radius 1 is 1.18 bits per heavy atom. The Morgan fingerprint density at radius 2 is 1.94 bits per heavy atom. The molecular formula is C27H35ClN2O3. The number of benzene rings is 1. The monoisotopic (exact) mass is 470 g/mol. The lowest BCUT2D eigenvalue weighted by Crippen LogP contribution is -2.34. The molecule has 1 saturated carbocycles. The van der Waals surface area contributed by atoms with Gasteiger partial charge in [0.15, 0.2) is 0 Å². The molecule has 1 aromatic heterocycles. The van der Waals surface area contributed by atoms with E-state index in [4.69, 9.17) is 16.3 Å². The number of esters is 1. The zero-order valence-electron chi connectivity index (χ0n) is 19.8. The second-order valence-electron chi connectivity index (χ2n) is 9.47. The summed E-state index contributed by atoms with van der Waals surface area (Å²) in [7, 11) is 1.38. The van der Waals surface area contributed by atoms with Crippen LogP contribution in [0, 0.1) is 0 Å². The molecule has 6 heteroatoms. The minimum Gasteiger partial charge on any atom is -0.465 e. The summed E-state index contributed by atoms with van der Waals surface area (Å²) in [6.45, 7) is 4.76. The average Bonchev–Trinajstić information content (AvgIpc) is 3.58. The number of halogens is 1. The van der Waals surface area contributed by atoms with Crippen molar-refractivity contribution in [2.75, 3.05) is 13.7 Å². The number of aryl methyl sites for hydroxylation is 1. The summed E-state index contributed by atoms with van der Waals surface area (Å²) in [4.78, 5) is 27.5. The zero-order chi connectivity index (χ0) is 23.4. The second-order valence-corrected chi connectivity index (χ2v) is 9.88. The van der Waals surface area contributed by atoms with Gasteiger partial charge in [-0.3, -0.25) is 9.69 Å². The van der Waals surface area contributed by atoms with Crippen LogP contribution in [0.4, 0.5) is 0 Å². The van der Waals surface area contributed by atoms with E-state index in [1.165, 1.54) is 57.6 Å². The van der Waals surface area contributed by atoms with Crippen molar-refractivity contribution in [1.82, 2.24) is 9.47 Å². The predicted molar refractivity (Wildman–Crippen MR) is 132 cm³/mol. The summed E-state index contributed by atoms with van der Waals surface area (Å²) in [6.07, 6.45) is 9.26. The molecule has 178 valence electrons. The summed E-state index contributed by atoms with van der Waals surface area (Å²) in [5.41, 5.74) is 3.94. The van der Waals surface area contributed by atoms with Gasteiger partial charge in [0.05, 0.1) is 12.7 Å². The molecule has 0 radical (unpaired) electrons. The van der Waals surface area contributed by atoms with E-state index in [1.54, 1.807) is 12.1 Å². The van der Waals surface area contributed by atoms with Crippen molar-refractivity contribution < 1.29 is 9.53 Å². The third-order valence-corrected chi connectivity index (χ3v) is 7.42. The van der Waals surface area contributed by atoms with Gasteiger partial charge in [-0.05, 0) is 80.3 Å². The van der Waals surface area contributed by atoms with E-state index in [1.807, 2.05) is 22.8 Å². The highest BCUT2D eigenvalue weighted by Gasteiger charge is 2.31. The molecule has 1 aliphatic carbocycles. The molecule has 1 aliphatic heterocycles. The van der Waals surface area contributed by atoms with Gasteiger partial charge in [0, 0.05) is 24.8 Å². The summed E-state index contributed by atoms with van der Waals surface area (Å²) in [6, 6.07) is 9.98. The first-order chi connectivity index (χ1) is 16.0. The molecule has 0 amide bonds. The quantitative estimate of drug-likeness (QED) is 0.426. The fourth-order valence-corrected chi connectivity index (χ4v) is 5.30. The number of unbranched alkanes of at least 4 members (excludes halogenated alkanes) is 1. The molecule has 2 aliphatic rings. The Kier molecular flexibility index (Phi) is 7.92. The topological polar surface area (TPSA) is 51.5 Å². The van der Waals surface area contributed by atoms with E-state index >= 15 is 0 Å². The number of likely N-dealkylation sites (tertiary alicyclic amines) is 1. The average molecular weight is 471 g/mol. The van der Waals surface area contributed by atoms with Crippen LogP contribution in [-0.4, -0.2) is 35.1 Å². The molecular weight excluding hydrogens is 436 g/mol. The standard InChI is InChI=1S/C27H35ClN2O3/c1-3-4-6-22-7-5-15-29(22)18-25-23(20-12-13-20)17-24(28)26(31)30(25)16-14-19-8-10-21(11-9-19)27(32)33-2/h8-11,17,20,22H,3-7,12-16,18H2,1-2H3/t22-/m0/s1. The molecule has 0 spiro atoms. The van der Waals surface area contributed by atoms with Crippen LogP contribution in [0.25, 0.3) is 0 Å². The van der Waals surface area contributed by atoms with Crippen molar-refractivity contribution in [3.05, 3.63) is 68.1 Å². The van der Waals surface area contributed by atoms with Crippen LogP contribution in [0.3, 0.4) is 0 Å². The van der Waals surface area contributed by atoms with Crippen molar-refractivity contribution in [3.63, 3.8) is 0 Å². The van der Waals surface area contributed by atoms with Crippen molar-refractivity contribution in [1.29, 1.82) is 0 Å². The Bertz CT molecular complexity index is 1030. The minimum atomic E-state index is -0.341. The number of hydrogen-bond donors (Lipinski definition) is 0. The number of carbonyl (C=O) groups is 1. The van der Waals surface area contributed by atoms with Crippen LogP contribution in [0.1, 0.15) is 85.0 Å². The third kappa shape index (κ3) is 5.70. The highest BCUT2D eigenvalue weighted by molar-refractivity contribution is 6.30. The summed E-state index contributed by atoms with van der Waals surface area (Å²) < 4.78 is 6.71. The first-order valence-corrected chi connectivity index (χ1v) is 12.7. The van der Waals surface area contributed by atoms with Crippen LogP contribution < -0.4 is 5.56 Å². The van der Waals surface area contributed by atoms with Crippen molar-refractivity contribution in [2.45, 2.75) is 83.3 Å². The Labute approximate surface area is 201 Å². The molecule has 2 aromatic rings. The Balaban J connectivity index is 1.58. The maximum absolute atomic E-state index is 13.2. The molecule has 33 heavy (non-hydrogen) atoms. The lowest BCUT2D eigenvalue weighted by Gasteiger charge is -2.28. The highest BCUT2D eigenvalue weighted by Crippen LogP contribution is 2.42. The molecule has 4 rings (SSSR count). The van der Waals surface area contributed by atoms with Gasteiger partial charge in [0.25, 0.3) is 5.56 Å².